The van der Waals surface area contributed by atoms with Crippen molar-refractivity contribution in [3.05, 3.63) is 65.3 Å². The number of fused-ring (bicyclic) bond motifs is 1. The molecule has 0 saturated heterocycles. The number of para-hydroxylation sites is 2. The SMILES string of the molecule is CCN(CC)C1CCC(NC(=O)c2c(Cl)n(-c3ccccc3)c3ccccc23)CC1.Cl. The van der Waals surface area contributed by atoms with Gasteiger partial charge in [0, 0.05) is 23.2 Å². The first-order valence-corrected chi connectivity index (χ1v) is 11.4. The number of hydrogen-bond acceptors (Lipinski definition) is 2. The predicted octanol–water partition coefficient (Wildman–Crippen LogP) is 6.09. The maximum atomic E-state index is 13.3. The van der Waals surface area contributed by atoms with Crippen LogP contribution >= 0.6 is 24.0 Å². The number of carbonyl (C=O) groups excluding carboxylic acids is 1. The minimum Gasteiger partial charge on any atom is -0.349 e. The highest BCUT2D eigenvalue weighted by atomic mass is 35.5. The number of rotatable bonds is 6. The van der Waals surface area contributed by atoms with Crippen LogP contribution in [0.25, 0.3) is 16.6 Å². The summed E-state index contributed by atoms with van der Waals surface area (Å²) in [4.78, 5) is 15.8. The average Bonchev–Trinajstić information content (AvgIpc) is 3.08. The maximum absolute atomic E-state index is 13.3. The Kier molecular flexibility index (Phi) is 8.04. The quantitative estimate of drug-likeness (QED) is 0.484. The molecule has 0 atom stereocenters. The van der Waals surface area contributed by atoms with Crippen molar-refractivity contribution in [2.45, 2.75) is 51.6 Å². The fourth-order valence-corrected chi connectivity index (χ4v) is 5.21. The first-order valence-electron chi connectivity index (χ1n) is 11.0. The Morgan fingerprint density at radius 2 is 1.61 bits per heavy atom. The molecule has 0 radical (unpaired) electrons. The smallest absolute Gasteiger partial charge is 0.255 e. The van der Waals surface area contributed by atoms with Crippen LogP contribution < -0.4 is 5.32 Å². The number of benzene rings is 2. The van der Waals surface area contributed by atoms with E-state index in [0.29, 0.717) is 16.8 Å². The number of nitrogens with one attached hydrogen (secondary N) is 1. The van der Waals surface area contributed by atoms with E-state index in [1.54, 1.807) is 0 Å². The zero-order valence-electron chi connectivity index (χ0n) is 18.2. The first-order chi connectivity index (χ1) is 14.6. The molecule has 1 aliphatic rings. The van der Waals surface area contributed by atoms with E-state index in [-0.39, 0.29) is 24.4 Å². The van der Waals surface area contributed by atoms with E-state index in [1.165, 1.54) is 0 Å². The van der Waals surface area contributed by atoms with Crippen LogP contribution in [-0.2, 0) is 0 Å². The summed E-state index contributed by atoms with van der Waals surface area (Å²) in [7, 11) is 0. The van der Waals surface area contributed by atoms with Crippen LogP contribution in [0.3, 0.4) is 0 Å². The number of carbonyl (C=O) groups is 1. The fraction of sp³-hybridized carbons (Fsp3) is 0.400. The number of hydrogen-bond donors (Lipinski definition) is 1. The van der Waals surface area contributed by atoms with Crippen LogP contribution in [0.2, 0.25) is 5.15 Å². The highest BCUT2D eigenvalue weighted by Crippen LogP contribution is 2.33. The molecule has 4 rings (SSSR count). The van der Waals surface area contributed by atoms with Crippen molar-refractivity contribution in [2.24, 2.45) is 0 Å². The molecule has 1 amide bonds. The largest absolute Gasteiger partial charge is 0.349 e. The summed E-state index contributed by atoms with van der Waals surface area (Å²) in [6, 6.07) is 18.7. The predicted molar refractivity (Wildman–Crippen MR) is 132 cm³/mol. The van der Waals surface area contributed by atoms with E-state index in [4.69, 9.17) is 11.6 Å². The molecule has 1 heterocycles. The van der Waals surface area contributed by atoms with Gasteiger partial charge in [0.05, 0.1) is 11.1 Å². The van der Waals surface area contributed by atoms with Crippen molar-refractivity contribution in [1.82, 2.24) is 14.8 Å². The van der Waals surface area contributed by atoms with Crippen molar-refractivity contribution in [3.8, 4) is 5.69 Å². The van der Waals surface area contributed by atoms with Gasteiger partial charge in [0.25, 0.3) is 5.91 Å². The van der Waals surface area contributed by atoms with Gasteiger partial charge >= 0.3 is 0 Å². The molecule has 0 bridgehead atoms. The average molecular weight is 460 g/mol. The van der Waals surface area contributed by atoms with Crippen molar-refractivity contribution in [2.75, 3.05) is 13.1 Å². The van der Waals surface area contributed by atoms with Gasteiger partial charge in [-0.05, 0) is 57.0 Å². The first kappa shape index (κ1) is 23.6. The van der Waals surface area contributed by atoms with E-state index < -0.39 is 0 Å². The molecule has 31 heavy (non-hydrogen) atoms. The Bertz CT molecular complexity index is 1010. The standard InChI is InChI=1S/C25H30ClN3O.ClH/c1-3-28(4-2)19-16-14-18(15-17-19)27-25(30)23-21-12-8-9-13-22(21)29(24(23)26)20-10-6-5-7-11-20;/h5-13,18-19H,3-4,14-17H2,1-2H3,(H,27,30);1H. The molecule has 2 aromatic carbocycles. The summed E-state index contributed by atoms with van der Waals surface area (Å²) in [6.45, 7) is 6.63. The van der Waals surface area contributed by atoms with Crippen LogP contribution in [0.4, 0.5) is 0 Å². The molecular formula is C25H31Cl2N3O. The van der Waals surface area contributed by atoms with E-state index in [1.807, 2.05) is 59.2 Å². The number of aromatic nitrogens is 1. The Labute approximate surface area is 196 Å². The molecule has 0 aliphatic heterocycles. The molecule has 1 fully saturated rings. The van der Waals surface area contributed by atoms with Crippen molar-refractivity contribution >= 4 is 40.8 Å². The number of amides is 1. The summed E-state index contributed by atoms with van der Waals surface area (Å²) in [6.07, 6.45) is 4.29. The van der Waals surface area contributed by atoms with E-state index in [9.17, 15) is 4.79 Å². The zero-order valence-corrected chi connectivity index (χ0v) is 19.8. The van der Waals surface area contributed by atoms with Gasteiger partial charge < -0.3 is 10.2 Å². The van der Waals surface area contributed by atoms with Crippen LogP contribution in [0.5, 0.6) is 0 Å². The lowest BCUT2D eigenvalue weighted by molar-refractivity contribution is 0.0908. The minimum absolute atomic E-state index is 0. The van der Waals surface area contributed by atoms with Gasteiger partial charge in [-0.3, -0.25) is 9.36 Å². The van der Waals surface area contributed by atoms with E-state index >= 15 is 0 Å². The van der Waals surface area contributed by atoms with Gasteiger partial charge in [-0.25, -0.2) is 0 Å². The third kappa shape index (κ3) is 4.77. The molecule has 0 unspecified atom stereocenters. The van der Waals surface area contributed by atoms with Crippen LogP contribution in [0.15, 0.2) is 54.6 Å². The fourth-order valence-electron chi connectivity index (χ4n) is 4.84. The number of nitrogens with zero attached hydrogens (tertiary/aromatic N) is 2. The van der Waals surface area contributed by atoms with Gasteiger partial charge in [0.2, 0.25) is 0 Å². The molecule has 1 aliphatic carbocycles. The molecule has 3 aromatic rings. The van der Waals surface area contributed by atoms with E-state index in [0.717, 1.165) is 55.4 Å². The van der Waals surface area contributed by atoms with E-state index in [2.05, 4.69) is 24.1 Å². The molecule has 166 valence electrons. The Hall–Kier alpha value is -2.01. The highest BCUT2D eigenvalue weighted by molar-refractivity contribution is 6.36. The van der Waals surface area contributed by atoms with Crippen LogP contribution in [-0.4, -0.2) is 40.5 Å². The molecule has 0 spiro atoms. The minimum atomic E-state index is -0.0721. The van der Waals surface area contributed by atoms with Crippen molar-refractivity contribution < 1.29 is 4.79 Å². The lowest BCUT2D eigenvalue weighted by atomic mass is 9.90. The molecule has 1 N–H and O–H groups in total. The van der Waals surface area contributed by atoms with Gasteiger partial charge in [0.1, 0.15) is 5.15 Å². The maximum Gasteiger partial charge on any atom is 0.255 e. The number of halogens is 2. The molecule has 1 saturated carbocycles. The second-order valence-corrected chi connectivity index (χ2v) is 8.41. The topological polar surface area (TPSA) is 37.3 Å². The second kappa shape index (κ2) is 10.5. The summed E-state index contributed by atoms with van der Waals surface area (Å²) >= 11 is 6.80. The van der Waals surface area contributed by atoms with Crippen molar-refractivity contribution in [3.63, 3.8) is 0 Å². The normalized spacial score (nSPS) is 18.7. The summed E-state index contributed by atoms with van der Waals surface area (Å²) < 4.78 is 1.96. The van der Waals surface area contributed by atoms with Gasteiger partial charge in [-0.2, -0.15) is 0 Å². The van der Waals surface area contributed by atoms with Gasteiger partial charge in [-0.15, -0.1) is 12.4 Å². The highest BCUT2D eigenvalue weighted by Gasteiger charge is 2.28. The lowest BCUT2D eigenvalue weighted by Gasteiger charge is -2.36. The Morgan fingerprint density at radius 1 is 1.00 bits per heavy atom. The zero-order chi connectivity index (χ0) is 21.1. The summed E-state index contributed by atoms with van der Waals surface area (Å²) in [5.74, 6) is -0.0721. The molecule has 4 nitrogen and oxygen atoms in total. The lowest BCUT2D eigenvalue weighted by Crippen LogP contribution is -2.44. The Balaban J connectivity index is 0.00000272. The molecule has 1 aromatic heterocycles. The van der Waals surface area contributed by atoms with Gasteiger partial charge in [-0.1, -0.05) is 61.8 Å². The van der Waals surface area contributed by atoms with Gasteiger partial charge in [0.15, 0.2) is 0 Å². The second-order valence-electron chi connectivity index (χ2n) is 8.05. The van der Waals surface area contributed by atoms with Crippen molar-refractivity contribution in [1.29, 1.82) is 0 Å². The summed E-state index contributed by atoms with van der Waals surface area (Å²) in [5.41, 5.74) is 2.48. The molecular weight excluding hydrogens is 429 g/mol. The summed E-state index contributed by atoms with van der Waals surface area (Å²) in [5, 5.41) is 4.63. The van der Waals surface area contributed by atoms with Crippen LogP contribution in [0, 0.1) is 0 Å². The van der Waals surface area contributed by atoms with Crippen LogP contribution in [0.1, 0.15) is 49.9 Å². The Morgan fingerprint density at radius 3 is 2.26 bits per heavy atom. The third-order valence-electron chi connectivity index (χ3n) is 6.42. The molecule has 6 heteroatoms. The third-order valence-corrected chi connectivity index (χ3v) is 6.78. The monoisotopic (exact) mass is 459 g/mol.